The Bertz CT molecular complexity index is 3210. The lowest BCUT2D eigenvalue weighted by Crippen LogP contribution is -2.15. The minimum atomic E-state index is -0.514. The maximum atomic E-state index is 13.9. The number of nitrogens with two attached hydrogens (primary N) is 2. The van der Waals surface area contributed by atoms with Crippen LogP contribution in [-0.4, -0.2) is 150 Å². The van der Waals surface area contributed by atoms with Crippen molar-refractivity contribution >= 4 is 45.9 Å². The number of carbonyl (C=O) groups excluding carboxylic acids is 4. The molecule has 4 aromatic carbocycles. The summed E-state index contributed by atoms with van der Waals surface area (Å²) < 4.78 is 64.8. The highest BCUT2D eigenvalue weighted by atomic mass is 16.6. The van der Waals surface area contributed by atoms with Gasteiger partial charge in [0.2, 0.25) is 11.6 Å². The second kappa shape index (κ2) is 27.5. The molecular formula is C58H60N6O15. The molecule has 21 heteroatoms. The first-order valence-corrected chi connectivity index (χ1v) is 25.1. The highest BCUT2D eigenvalue weighted by molar-refractivity contribution is 6.10. The zero-order chi connectivity index (χ0) is 55.7. The van der Waals surface area contributed by atoms with Crippen molar-refractivity contribution in [2.75, 3.05) is 119 Å². The summed E-state index contributed by atoms with van der Waals surface area (Å²) in [5.41, 5.74) is 17.1. The van der Waals surface area contributed by atoms with Crippen LogP contribution < -0.4 is 30.4 Å². The van der Waals surface area contributed by atoms with Gasteiger partial charge in [0.1, 0.15) is 58.6 Å². The number of esters is 2. The molecule has 0 saturated heterocycles. The van der Waals surface area contributed by atoms with E-state index >= 15 is 0 Å². The standard InChI is InChI=1S/C58H60N6O15/c1-69-47-35-39(15-17-43(47)59)53(65)55-61-49(37-9-5-11-41(33-37)57(67)71-3)51-45(13-7-19-63(51)55)78-31-29-76-27-25-74-23-21-73-22-24-75-26-28-77-30-32-79-46-14-8-20-64-52(46)50(38-10-6-12-42(34-38)58(68)72-4)62-56(64)54(66)40-16-18-44(60)48(36-40)70-2/h5-20,33-36H,21-32,59-60H2,1-4H3. The molecule has 0 fully saturated rings. The first-order chi connectivity index (χ1) is 38.5. The third-order valence-electron chi connectivity index (χ3n) is 12.2. The zero-order valence-corrected chi connectivity index (χ0v) is 44.1. The van der Waals surface area contributed by atoms with E-state index in [4.69, 9.17) is 73.5 Å². The molecule has 0 aliphatic carbocycles. The molecule has 0 radical (unpaired) electrons. The lowest BCUT2D eigenvalue weighted by molar-refractivity contribution is -0.0141. The summed E-state index contributed by atoms with van der Waals surface area (Å²) in [6.07, 6.45) is 3.44. The number of ketones is 2. The lowest BCUT2D eigenvalue weighted by Gasteiger charge is -2.11. The molecule has 0 spiro atoms. The summed E-state index contributed by atoms with van der Waals surface area (Å²) in [6, 6.07) is 30.2. The molecule has 0 atom stereocenters. The predicted octanol–water partition coefficient (Wildman–Crippen LogP) is 7.07. The first-order valence-electron chi connectivity index (χ1n) is 25.1. The van der Waals surface area contributed by atoms with Gasteiger partial charge in [-0.1, -0.05) is 24.3 Å². The summed E-state index contributed by atoms with van der Waals surface area (Å²) in [5.74, 6) is 0.0702. The quantitative estimate of drug-likeness (QED) is 0.0197. The van der Waals surface area contributed by atoms with Gasteiger partial charge in [-0.05, 0) is 84.9 Å². The minimum absolute atomic E-state index is 0.118. The minimum Gasteiger partial charge on any atom is -0.495 e. The fourth-order valence-corrected chi connectivity index (χ4v) is 8.36. The van der Waals surface area contributed by atoms with Gasteiger partial charge >= 0.3 is 11.9 Å². The van der Waals surface area contributed by atoms with E-state index < -0.39 is 11.9 Å². The van der Waals surface area contributed by atoms with Crippen molar-refractivity contribution in [1.82, 2.24) is 18.8 Å². The summed E-state index contributed by atoms with van der Waals surface area (Å²) in [5, 5.41) is 0. The van der Waals surface area contributed by atoms with E-state index in [-0.39, 0.29) is 49.6 Å². The normalized spacial score (nSPS) is 11.2. The number of rotatable bonds is 30. The van der Waals surface area contributed by atoms with Gasteiger partial charge in [-0.25, -0.2) is 19.6 Å². The largest absolute Gasteiger partial charge is 0.495 e. The van der Waals surface area contributed by atoms with Crippen LogP contribution in [0, 0.1) is 0 Å². The average molecular weight is 1080 g/mol. The Hall–Kier alpha value is -8.86. The topological polar surface area (TPSA) is 256 Å². The Morgan fingerprint density at radius 1 is 0.418 bits per heavy atom. The molecule has 8 rings (SSSR count). The van der Waals surface area contributed by atoms with Gasteiger partial charge in [0.05, 0.1) is 117 Å². The van der Waals surface area contributed by atoms with Gasteiger partial charge in [-0.2, -0.15) is 0 Å². The van der Waals surface area contributed by atoms with Crippen molar-refractivity contribution in [3.63, 3.8) is 0 Å². The second-order valence-corrected chi connectivity index (χ2v) is 17.2. The number of nitrogens with zero attached hydrogens (tertiary/aromatic N) is 4. The Morgan fingerprint density at radius 3 is 1.14 bits per heavy atom. The smallest absolute Gasteiger partial charge is 0.337 e. The molecule has 21 nitrogen and oxygen atoms in total. The molecule has 4 N–H and O–H groups in total. The number of hydrogen-bond donors (Lipinski definition) is 2. The molecular weight excluding hydrogens is 1020 g/mol. The number of aromatic nitrogens is 4. The Labute approximate surface area is 454 Å². The third-order valence-corrected chi connectivity index (χ3v) is 12.2. The molecule has 4 aromatic heterocycles. The van der Waals surface area contributed by atoms with Crippen molar-refractivity contribution in [1.29, 1.82) is 0 Å². The van der Waals surface area contributed by atoms with E-state index in [1.807, 2.05) is 0 Å². The fourth-order valence-electron chi connectivity index (χ4n) is 8.36. The van der Waals surface area contributed by atoms with Crippen LogP contribution in [0.2, 0.25) is 0 Å². The van der Waals surface area contributed by atoms with E-state index in [9.17, 15) is 19.2 Å². The second-order valence-electron chi connectivity index (χ2n) is 17.2. The Balaban J connectivity index is 0.737. The van der Waals surface area contributed by atoms with Gasteiger partial charge in [-0.15, -0.1) is 0 Å². The van der Waals surface area contributed by atoms with Crippen LogP contribution in [0.3, 0.4) is 0 Å². The molecule has 0 unspecified atom stereocenters. The van der Waals surface area contributed by atoms with Gasteiger partial charge in [0.15, 0.2) is 11.6 Å². The van der Waals surface area contributed by atoms with Crippen LogP contribution in [-0.2, 0) is 33.2 Å². The molecule has 0 saturated carbocycles. The molecule has 412 valence electrons. The van der Waals surface area contributed by atoms with Gasteiger partial charge in [0.25, 0.3) is 0 Å². The van der Waals surface area contributed by atoms with Crippen LogP contribution >= 0.6 is 0 Å². The summed E-state index contributed by atoms with van der Waals surface area (Å²) >= 11 is 0. The number of nitrogen functional groups attached to an aromatic ring is 2. The molecule has 0 aliphatic rings. The van der Waals surface area contributed by atoms with Crippen LogP contribution in [0.25, 0.3) is 33.5 Å². The van der Waals surface area contributed by atoms with E-state index in [2.05, 4.69) is 0 Å². The third kappa shape index (κ3) is 13.6. The first kappa shape index (κ1) is 56.3. The fraction of sp³-hybridized carbons (Fsp3) is 0.276. The number of methoxy groups -OCH3 is 4. The van der Waals surface area contributed by atoms with Crippen molar-refractivity contribution in [3.05, 3.63) is 155 Å². The monoisotopic (exact) mass is 1080 g/mol. The van der Waals surface area contributed by atoms with E-state index in [0.717, 1.165) is 0 Å². The van der Waals surface area contributed by atoms with Crippen molar-refractivity contribution in [2.24, 2.45) is 0 Å². The van der Waals surface area contributed by atoms with E-state index in [1.165, 1.54) is 28.4 Å². The molecule has 79 heavy (non-hydrogen) atoms. The van der Waals surface area contributed by atoms with Crippen molar-refractivity contribution in [2.45, 2.75) is 0 Å². The van der Waals surface area contributed by atoms with Crippen molar-refractivity contribution in [3.8, 4) is 45.5 Å². The average Bonchev–Trinajstić information content (AvgIpc) is 4.28. The van der Waals surface area contributed by atoms with Crippen molar-refractivity contribution < 1.29 is 71.3 Å². The Kier molecular flexibility index (Phi) is 19.6. The summed E-state index contributed by atoms with van der Waals surface area (Å²) in [7, 11) is 5.56. The lowest BCUT2D eigenvalue weighted by atomic mass is 10.1. The number of hydrogen-bond acceptors (Lipinski definition) is 19. The maximum absolute atomic E-state index is 13.9. The number of fused-ring (bicyclic) bond motifs is 2. The molecule has 0 bridgehead atoms. The number of ether oxygens (including phenoxy) is 11. The van der Waals surface area contributed by atoms with E-state index in [1.54, 1.807) is 130 Å². The highest BCUT2D eigenvalue weighted by Gasteiger charge is 2.26. The molecule has 8 aromatic rings. The molecule has 0 amide bonds. The zero-order valence-electron chi connectivity index (χ0n) is 44.1. The van der Waals surface area contributed by atoms with Crippen LogP contribution in [0.4, 0.5) is 11.4 Å². The summed E-state index contributed by atoms with van der Waals surface area (Å²) in [4.78, 5) is 62.4. The summed E-state index contributed by atoms with van der Waals surface area (Å²) in [6.45, 7) is 3.64. The van der Waals surface area contributed by atoms with Crippen LogP contribution in [0.1, 0.15) is 53.1 Å². The number of benzene rings is 4. The van der Waals surface area contributed by atoms with E-state index in [0.29, 0.717) is 143 Å². The van der Waals surface area contributed by atoms with Gasteiger partial charge in [-0.3, -0.25) is 18.4 Å². The highest BCUT2D eigenvalue weighted by Crippen LogP contribution is 2.36. The van der Waals surface area contributed by atoms with Gasteiger partial charge in [0, 0.05) is 34.6 Å². The maximum Gasteiger partial charge on any atom is 0.337 e. The van der Waals surface area contributed by atoms with Gasteiger partial charge < -0.3 is 63.6 Å². The predicted molar refractivity (Wildman–Crippen MR) is 291 cm³/mol. The number of carbonyl (C=O) groups is 4. The molecule has 0 aliphatic heterocycles. The van der Waals surface area contributed by atoms with Crippen LogP contribution in [0.5, 0.6) is 23.0 Å². The number of imidazole rings is 2. The van der Waals surface area contributed by atoms with Crippen LogP contribution in [0.15, 0.2) is 122 Å². The number of anilines is 2. The Morgan fingerprint density at radius 2 is 0.785 bits per heavy atom. The SMILES string of the molecule is COC(=O)c1cccc(-c2nc(C(=O)c3ccc(N)c(OC)c3)n3cccc(OCCOCCOCCOCCOCCOCCOc4cccn5c(C(=O)c6ccc(N)c(OC)c6)nc(-c6cccc(C(=O)OC)c6)c45)c23)c1. The number of pyridine rings is 2. The molecule has 4 heterocycles.